The number of rotatable bonds is 11. The Balaban J connectivity index is 1.74. The molecule has 9 N–H and O–H groups in total. The fourth-order valence-electron chi connectivity index (χ4n) is 3.60. The van der Waals surface area contributed by atoms with Gasteiger partial charge in [-0.15, -0.1) is 11.8 Å². The van der Waals surface area contributed by atoms with E-state index in [9.17, 15) is 39.0 Å². The number of aliphatic hydroxyl groups is 1. The van der Waals surface area contributed by atoms with E-state index in [2.05, 4.69) is 10.6 Å². The minimum absolute atomic E-state index is 0.0752. The molecule has 0 aromatic heterocycles. The van der Waals surface area contributed by atoms with Crippen LogP contribution in [0, 0.1) is 0 Å². The van der Waals surface area contributed by atoms with Gasteiger partial charge in [0.05, 0.1) is 5.57 Å². The molecule has 2 unspecified atom stereocenters. The Morgan fingerprint density at radius 3 is 2.34 bits per heavy atom. The molecule has 18 nitrogen and oxygen atoms in total. The number of carbonyl (C=O) groups is 6. The van der Waals surface area contributed by atoms with Crippen molar-refractivity contribution in [2.45, 2.75) is 29.0 Å². The van der Waals surface area contributed by atoms with Gasteiger partial charge in [-0.2, -0.15) is 0 Å². The van der Waals surface area contributed by atoms with Gasteiger partial charge in [0.25, 0.3) is 11.8 Å². The first-order chi connectivity index (χ1) is 19.3. The number of carboxylic acid groups (broad SMARTS) is 2. The number of benzene rings is 1. The molecule has 5 atom stereocenters. The number of carbonyl (C=O) groups excluding carboxylic acids is 4. The highest BCUT2D eigenvalue weighted by molar-refractivity contribution is 8.00. The summed E-state index contributed by atoms with van der Waals surface area (Å²) in [5, 5.41) is 31.4. The molecule has 0 aliphatic carbocycles. The number of nitrogens with two attached hydrogens (primary N) is 2. The van der Waals surface area contributed by atoms with E-state index in [0.29, 0.717) is 0 Å². The van der Waals surface area contributed by atoms with Crippen LogP contribution in [0.15, 0.2) is 35.7 Å². The van der Waals surface area contributed by atoms with Gasteiger partial charge in [-0.05, 0) is 17.7 Å². The van der Waals surface area contributed by atoms with Crippen LogP contribution < -0.4 is 22.1 Å². The number of aliphatic hydroxyl groups excluding tert-OH is 1. The average Bonchev–Trinajstić information content (AvgIpc) is 2.90. The highest BCUT2D eigenvalue weighted by Gasteiger charge is 2.56. The lowest BCUT2D eigenvalue weighted by Gasteiger charge is -2.50. The number of ether oxygens (including phenoxy) is 4. The maximum Gasteiger partial charge on any atom is 0.512 e. The van der Waals surface area contributed by atoms with Crippen molar-refractivity contribution in [3.05, 3.63) is 41.3 Å². The number of fused-ring (bicyclic) bond motifs is 1. The number of carboxylic acids is 1. The van der Waals surface area contributed by atoms with Crippen molar-refractivity contribution in [2.24, 2.45) is 11.5 Å². The van der Waals surface area contributed by atoms with Crippen molar-refractivity contribution in [3.8, 4) is 0 Å². The highest BCUT2D eigenvalue weighted by Crippen LogP contribution is 2.45. The maximum absolute atomic E-state index is 13.0. The SMILES string of the molecule is CO[C@@H]1C(=O)N2C(OC(=O)O)=C(COC(N)=O)C(NC(=O)C(O)c3ccc(NC(=O)OC[C@@H](N)C(=O)O)cc3)S[C@@H]12. The van der Waals surface area contributed by atoms with Crippen molar-refractivity contribution in [1.82, 2.24) is 10.2 Å². The van der Waals surface area contributed by atoms with Crippen molar-refractivity contribution in [3.63, 3.8) is 0 Å². The van der Waals surface area contributed by atoms with E-state index in [1.165, 1.54) is 31.4 Å². The number of amides is 4. The van der Waals surface area contributed by atoms with Crippen LogP contribution in [-0.2, 0) is 33.3 Å². The van der Waals surface area contributed by atoms with E-state index in [-0.39, 0.29) is 16.8 Å². The summed E-state index contributed by atoms with van der Waals surface area (Å²) in [6.07, 6.45) is -6.77. The van der Waals surface area contributed by atoms with Gasteiger partial charge in [0.1, 0.15) is 30.0 Å². The molecule has 1 aromatic carbocycles. The summed E-state index contributed by atoms with van der Waals surface area (Å²) in [4.78, 5) is 71.5. The molecule has 4 amide bonds. The number of aliphatic carboxylic acids is 1. The van der Waals surface area contributed by atoms with Crippen LogP contribution in [-0.4, -0.2) is 99.6 Å². The molecule has 2 heterocycles. The molecule has 0 saturated carbocycles. The lowest BCUT2D eigenvalue weighted by atomic mass is 10.1. The lowest BCUT2D eigenvalue weighted by molar-refractivity contribution is -0.162. The summed E-state index contributed by atoms with van der Waals surface area (Å²) >= 11 is 0.934. The number of hydrogen-bond donors (Lipinski definition) is 7. The Morgan fingerprint density at radius 1 is 1.12 bits per heavy atom. The van der Waals surface area contributed by atoms with Gasteiger partial charge in [0.2, 0.25) is 5.88 Å². The van der Waals surface area contributed by atoms with Crippen LogP contribution in [0.25, 0.3) is 0 Å². The van der Waals surface area contributed by atoms with Crippen LogP contribution in [0.3, 0.4) is 0 Å². The van der Waals surface area contributed by atoms with Crippen molar-refractivity contribution in [2.75, 3.05) is 25.6 Å². The Labute approximate surface area is 234 Å². The topological polar surface area (TPSA) is 279 Å². The Hall–Kier alpha value is -4.59. The van der Waals surface area contributed by atoms with Crippen LogP contribution in [0.5, 0.6) is 0 Å². The molecule has 41 heavy (non-hydrogen) atoms. The first kappa shape index (κ1) is 30.9. The third kappa shape index (κ3) is 7.33. The van der Waals surface area contributed by atoms with Gasteiger partial charge < -0.3 is 51.1 Å². The summed E-state index contributed by atoms with van der Waals surface area (Å²) in [6, 6.07) is 3.85. The predicted molar refractivity (Wildman–Crippen MR) is 135 cm³/mol. The van der Waals surface area contributed by atoms with Crippen molar-refractivity contribution in [1.29, 1.82) is 0 Å². The molecule has 0 radical (unpaired) electrons. The van der Waals surface area contributed by atoms with Gasteiger partial charge in [0.15, 0.2) is 12.2 Å². The zero-order chi connectivity index (χ0) is 30.4. The summed E-state index contributed by atoms with van der Waals surface area (Å²) in [5.41, 5.74) is 10.4. The van der Waals surface area contributed by atoms with Gasteiger partial charge in [-0.3, -0.25) is 24.6 Å². The normalized spacial score (nSPS) is 21.0. The largest absolute Gasteiger partial charge is 0.512 e. The fraction of sp³-hybridized carbons (Fsp3) is 0.364. The summed E-state index contributed by atoms with van der Waals surface area (Å²) in [7, 11) is 1.26. The summed E-state index contributed by atoms with van der Waals surface area (Å²) in [6.45, 7) is -1.23. The second-order valence-corrected chi connectivity index (χ2v) is 9.51. The minimum atomic E-state index is -1.79. The second-order valence-electron chi connectivity index (χ2n) is 8.28. The van der Waals surface area contributed by atoms with Crippen LogP contribution in [0.4, 0.5) is 20.1 Å². The first-order valence-corrected chi connectivity index (χ1v) is 12.4. The number of anilines is 1. The van der Waals surface area contributed by atoms with E-state index in [4.69, 9.17) is 35.5 Å². The first-order valence-electron chi connectivity index (χ1n) is 11.4. The number of hydrogen-bond acceptors (Lipinski definition) is 13. The number of primary amides is 1. The van der Waals surface area contributed by atoms with Gasteiger partial charge in [0, 0.05) is 12.8 Å². The Kier molecular flexibility index (Phi) is 9.94. The third-order valence-electron chi connectivity index (χ3n) is 5.59. The quantitative estimate of drug-likeness (QED) is 0.0917. The van der Waals surface area contributed by atoms with E-state index < -0.39 is 84.2 Å². The molecule has 2 aliphatic rings. The molecular weight excluding hydrogens is 574 g/mol. The fourth-order valence-corrected chi connectivity index (χ4v) is 5.08. The molecule has 0 bridgehead atoms. The van der Waals surface area contributed by atoms with Crippen LogP contribution in [0.1, 0.15) is 11.7 Å². The molecule has 0 spiro atoms. The van der Waals surface area contributed by atoms with Gasteiger partial charge >= 0.3 is 24.3 Å². The van der Waals surface area contributed by atoms with Crippen molar-refractivity contribution >= 4 is 53.6 Å². The van der Waals surface area contributed by atoms with E-state index in [0.717, 1.165) is 16.7 Å². The lowest BCUT2D eigenvalue weighted by Crippen LogP contribution is -2.67. The average molecular weight is 600 g/mol. The monoisotopic (exact) mass is 599 g/mol. The minimum Gasteiger partial charge on any atom is -0.480 e. The van der Waals surface area contributed by atoms with Crippen LogP contribution in [0.2, 0.25) is 0 Å². The summed E-state index contributed by atoms with van der Waals surface area (Å²) in [5.74, 6) is -3.46. The summed E-state index contributed by atoms with van der Waals surface area (Å²) < 4.78 is 19.4. The molecule has 1 fully saturated rings. The Bertz CT molecular complexity index is 1260. The molecule has 19 heteroatoms. The zero-order valence-electron chi connectivity index (χ0n) is 21.0. The molecule has 3 rings (SSSR count). The standard InChI is InChI=1S/C22H25N5O13S/c1-37-13-16(30)27-17(40-22(35)36)10(6-38-20(24)33)15(41-18(13)27)26-14(29)12(28)8-2-4-9(5-3-8)25-21(34)39-7-11(23)19(31)32/h2-5,11-13,15,18,28H,6-7,23H2,1H3,(H2,24,33)(H,25,34)(H,26,29)(H,31,32)(H,35,36)/t11-,12?,13-,15?,18+/m1/s1. The number of thioether (sulfide) groups is 1. The van der Waals surface area contributed by atoms with Crippen LogP contribution >= 0.6 is 11.8 Å². The number of methoxy groups -OCH3 is 1. The Morgan fingerprint density at radius 2 is 1.78 bits per heavy atom. The predicted octanol–water partition coefficient (Wildman–Crippen LogP) is -0.946. The third-order valence-corrected chi connectivity index (χ3v) is 7.00. The van der Waals surface area contributed by atoms with E-state index >= 15 is 0 Å². The molecule has 1 aromatic rings. The second kappa shape index (κ2) is 13.2. The molecule has 2 aliphatic heterocycles. The van der Waals surface area contributed by atoms with Gasteiger partial charge in [-0.25, -0.2) is 14.4 Å². The van der Waals surface area contributed by atoms with E-state index in [1.54, 1.807) is 0 Å². The van der Waals surface area contributed by atoms with E-state index in [1.807, 2.05) is 0 Å². The number of nitrogens with one attached hydrogen (secondary N) is 2. The smallest absolute Gasteiger partial charge is 0.480 e. The molecule has 1 saturated heterocycles. The molecular formula is C22H25N5O13S. The number of nitrogens with zero attached hydrogens (tertiary/aromatic N) is 1. The highest BCUT2D eigenvalue weighted by atomic mass is 32.2. The van der Waals surface area contributed by atoms with Crippen molar-refractivity contribution < 1.29 is 63.0 Å². The maximum atomic E-state index is 13.0. The number of β-lactam (4-membered cyclic amide) rings is 1. The van der Waals surface area contributed by atoms with Gasteiger partial charge in [-0.1, -0.05) is 12.1 Å². The zero-order valence-corrected chi connectivity index (χ0v) is 21.9. The molecule has 222 valence electrons.